The Bertz CT molecular complexity index is 1010. The van der Waals surface area contributed by atoms with Crippen LogP contribution >= 0.6 is 0 Å². The first-order chi connectivity index (χ1) is 21.6. The molecule has 2 N–H and O–H groups in total. The minimum absolute atomic E-state index is 0.0297. The van der Waals surface area contributed by atoms with Crippen LogP contribution in [0, 0.1) is 28.6 Å². The quantitative estimate of drug-likeness (QED) is 0.0577. The summed E-state index contributed by atoms with van der Waals surface area (Å²) in [6, 6.07) is -0.123. The van der Waals surface area contributed by atoms with Gasteiger partial charge in [0.2, 0.25) is 0 Å². The van der Waals surface area contributed by atoms with E-state index in [0.717, 1.165) is 44.6 Å². The number of ether oxygens (including phenoxy) is 4. The van der Waals surface area contributed by atoms with E-state index in [-0.39, 0.29) is 35.7 Å². The second-order valence-electron chi connectivity index (χ2n) is 17.0. The highest BCUT2D eigenvalue weighted by Gasteiger charge is 2.42. The molecule has 5 atom stereocenters. The molecule has 5 unspecified atom stereocenters. The molecule has 1 saturated carbocycles. The molecule has 1 fully saturated rings. The SMILES string of the molecule is C=C(C)C(=O)OCCOC(=O)NC1CC(C)(C)CC(C)(CNC(=O)OC(C)(CC)CC(C)CC(C)(C)OCCC(C)CCC(C)C)C1. The molecule has 0 aromatic heterocycles. The van der Waals surface area contributed by atoms with Gasteiger partial charge in [0.25, 0.3) is 0 Å². The average molecular weight is 667 g/mol. The Morgan fingerprint density at radius 2 is 1.51 bits per heavy atom. The van der Waals surface area contributed by atoms with E-state index in [0.29, 0.717) is 36.8 Å². The third-order valence-corrected chi connectivity index (χ3v) is 9.37. The van der Waals surface area contributed by atoms with Crippen LogP contribution in [0.1, 0.15) is 141 Å². The van der Waals surface area contributed by atoms with Gasteiger partial charge in [-0.05, 0) is 101 Å². The molecular formula is C38H70N2O7. The zero-order valence-corrected chi connectivity index (χ0v) is 32.1. The first-order valence-corrected chi connectivity index (χ1v) is 17.9. The van der Waals surface area contributed by atoms with Crippen molar-refractivity contribution in [2.75, 3.05) is 26.4 Å². The van der Waals surface area contributed by atoms with Gasteiger partial charge in [-0.3, -0.25) is 0 Å². The average Bonchev–Trinajstić information content (AvgIpc) is 2.91. The highest BCUT2D eigenvalue weighted by Crippen LogP contribution is 2.46. The molecule has 9 nitrogen and oxygen atoms in total. The standard InChI is InChI=1S/C38H70N2O7/c1-14-38(13,22-30(7)21-36(10,11)46-18-17-29(6)16-15-27(2)3)47-33(42)39-26-37(12)24-31(23-35(8,9)25-37)40-34(43)45-20-19-44-32(41)28(4)5/h27,29-31H,4,14-26H2,1-3,5-13H3,(H,39,42)(H,40,43). The van der Waals surface area contributed by atoms with Gasteiger partial charge in [0.05, 0.1) is 5.60 Å². The lowest BCUT2D eigenvalue weighted by atomic mass is 9.62. The Morgan fingerprint density at radius 1 is 0.872 bits per heavy atom. The number of rotatable bonds is 20. The number of hydrogen-bond acceptors (Lipinski definition) is 7. The second kappa shape index (κ2) is 19.0. The van der Waals surface area contributed by atoms with Crippen molar-refractivity contribution in [2.24, 2.45) is 28.6 Å². The van der Waals surface area contributed by atoms with E-state index < -0.39 is 23.8 Å². The molecule has 0 radical (unpaired) electrons. The molecule has 0 aromatic carbocycles. The van der Waals surface area contributed by atoms with Gasteiger partial charge in [0.1, 0.15) is 18.8 Å². The molecule has 47 heavy (non-hydrogen) atoms. The van der Waals surface area contributed by atoms with Crippen LogP contribution in [0.5, 0.6) is 0 Å². The minimum atomic E-state index is -0.593. The summed E-state index contributed by atoms with van der Waals surface area (Å²) in [4.78, 5) is 37.1. The fourth-order valence-corrected chi connectivity index (χ4v) is 7.28. The first kappa shape index (κ1) is 42.7. The third-order valence-electron chi connectivity index (χ3n) is 9.37. The predicted molar refractivity (Wildman–Crippen MR) is 189 cm³/mol. The van der Waals surface area contributed by atoms with Crippen molar-refractivity contribution in [1.82, 2.24) is 10.6 Å². The van der Waals surface area contributed by atoms with Gasteiger partial charge in [-0.25, -0.2) is 14.4 Å². The van der Waals surface area contributed by atoms with E-state index in [9.17, 15) is 14.4 Å². The Morgan fingerprint density at radius 3 is 2.11 bits per heavy atom. The van der Waals surface area contributed by atoms with Crippen molar-refractivity contribution < 1.29 is 33.3 Å². The van der Waals surface area contributed by atoms with Gasteiger partial charge < -0.3 is 29.6 Å². The minimum Gasteiger partial charge on any atom is -0.459 e. The topological polar surface area (TPSA) is 112 Å². The molecule has 0 aliphatic heterocycles. The lowest BCUT2D eigenvalue weighted by molar-refractivity contribution is -0.139. The van der Waals surface area contributed by atoms with E-state index in [2.05, 4.69) is 86.4 Å². The maximum Gasteiger partial charge on any atom is 0.407 e. The molecule has 0 spiro atoms. The molecule has 0 saturated heterocycles. The fourth-order valence-electron chi connectivity index (χ4n) is 7.28. The summed E-state index contributed by atoms with van der Waals surface area (Å²) >= 11 is 0. The second-order valence-corrected chi connectivity index (χ2v) is 17.0. The van der Waals surface area contributed by atoms with Crippen LogP contribution in [-0.4, -0.2) is 61.8 Å². The van der Waals surface area contributed by atoms with Crippen molar-refractivity contribution >= 4 is 18.2 Å². The molecule has 0 bridgehead atoms. The molecule has 9 heteroatoms. The largest absolute Gasteiger partial charge is 0.459 e. The van der Waals surface area contributed by atoms with Crippen molar-refractivity contribution in [2.45, 2.75) is 158 Å². The number of carbonyl (C=O) groups excluding carboxylic acids is 3. The number of hydrogen-bond donors (Lipinski definition) is 2. The Labute approximate surface area is 287 Å². The molecule has 2 amide bonds. The van der Waals surface area contributed by atoms with Crippen molar-refractivity contribution in [3.63, 3.8) is 0 Å². The lowest BCUT2D eigenvalue weighted by Crippen LogP contribution is -2.51. The maximum absolute atomic E-state index is 13.1. The van der Waals surface area contributed by atoms with E-state index >= 15 is 0 Å². The molecule has 0 heterocycles. The van der Waals surface area contributed by atoms with Gasteiger partial charge in [0.15, 0.2) is 0 Å². The Balaban J connectivity index is 2.61. The van der Waals surface area contributed by atoms with Crippen molar-refractivity contribution in [1.29, 1.82) is 0 Å². The number of amides is 2. The fraction of sp³-hybridized carbons (Fsp3) is 0.868. The molecule has 1 aliphatic carbocycles. The van der Waals surface area contributed by atoms with E-state index in [1.807, 2.05) is 6.92 Å². The van der Waals surface area contributed by atoms with Crippen LogP contribution in [0.2, 0.25) is 0 Å². The summed E-state index contributed by atoms with van der Waals surface area (Å²) in [5.41, 5.74) is -0.849. The smallest absolute Gasteiger partial charge is 0.407 e. The zero-order chi connectivity index (χ0) is 36.1. The van der Waals surface area contributed by atoms with Gasteiger partial charge in [0, 0.05) is 24.8 Å². The number of carbonyl (C=O) groups is 3. The van der Waals surface area contributed by atoms with Crippen LogP contribution in [0.3, 0.4) is 0 Å². The Kier molecular flexibility index (Phi) is 17.3. The first-order valence-electron chi connectivity index (χ1n) is 17.9. The summed E-state index contributed by atoms with van der Waals surface area (Å²) in [7, 11) is 0. The summed E-state index contributed by atoms with van der Waals surface area (Å²) in [5.74, 6) is 1.20. The summed E-state index contributed by atoms with van der Waals surface area (Å²) < 4.78 is 22.6. The number of esters is 1. The summed E-state index contributed by atoms with van der Waals surface area (Å²) in [6.45, 7) is 30.2. The van der Waals surface area contributed by atoms with Crippen LogP contribution in [0.25, 0.3) is 0 Å². The molecule has 0 aromatic rings. The Hall–Kier alpha value is -2.29. The molecule has 1 aliphatic rings. The highest BCUT2D eigenvalue weighted by molar-refractivity contribution is 5.86. The lowest BCUT2D eigenvalue weighted by Gasteiger charge is -2.46. The normalized spacial score (nSPS) is 22.0. The van der Waals surface area contributed by atoms with Crippen LogP contribution < -0.4 is 10.6 Å². The highest BCUT2D eigenvalue weighted by atomic mass is 16.6. The predicted octanol–water partition coefficient (Wildman–Crippen LogP) is 8.99. The van der Waals surface area contributed by atoms with Crippen LogP contribution in [-0.2, 0) is 23.7 Å². The monoisotopic (exact) mass is 667 g/mol. The number of alkyl carbamates (subject to hydrolysis) is 2. The van der Waals surface area contributed by atoms with E-state index in [1.54, 1.807) is 6.92 Å². The summed E-state index contributed by atoms with van der Waals surface area (Å²) in [6.07, 6.45) is 7.32. The molecule has 274 valence electrons. The van der Waals surface area contributed by atoms with Gasteiger partial charge in [-0.2, -0.15) is 0 Å². The van der Waals surface area contributed by atoms with E-state index in [4.69, 9.17) is 18.9 Å². The van der Waals surface area contributed by atoms with Crippen LogP contribution in [0.15, 0.2) is 12.2 Å². The van der Waals surface area contributed by atoms with Gasteiger partial charge in [-0.1, -0.05) is 74.8 Å². The third kappa shape index (κ3) is 18.2. The zero-order valence-electron chi connectivity index (χ0n) is 32.1. The van der Waals surface area contributed by atoms with E-state index in [1.165, 1.54) is 12.8 Å². The summed E-state index contributed by atoms with van der Waals surface area (Å²) in [5, 5.41) is 6.02. The van der Waals surface area contributed by atoms with Gasteiger partial charge in [-0.15, -0.1) is 0 Å². The van der Waals surface area contributed by atoms with Gasteiger partial charge >= 0.3 is 18.2 Å². The molecule has 1 rings (SSSR count). The van der Waals surface area contributed by atoms with Crippen molar-refractivity contribution in [3.05, 3.63) is 12.2 Å². The number of nitrogens with one attached hydrogen (secondary N) is 2. The van der Waals surface area contributed by atoms with Crippen molar-refractivity contribution in [3.8, 4) is 0 Å². The molecular weight excluding hydrogens is 596 g/mol. The maximum atomic E-state index is 13.1. The van der Waals surface area contributed by atoms with Crippen LogP contribution in [0.4, 0.5) is 9.59 Å².